The standard InChI is InChI=1S/C8H12N2O4/c11-7(12)6-5-2-1-4(3-9-6)10(5)8(13)14/h4-6,9H,1-3H2,(H,11,12)(H,13,14)/t4-,5+,6-/m0/s1. The highest BCUT2D eigenvalue weighted by Crippen LogP contribution is 2.29. The third kappa shape index (κ3) is 1.22. The van der Waals surface area contributed by atoms with Crippen LogP contribution in [0.3, 0.4) is 0 Å². The van der Waals surface area contributed by atoms with E-state index < -0.39 is 24.1 Å². The van der Waals surface area contributed by atoms with Crippen LogP contribution in [0.25, 0.3) is 0 Å². The number of nitrogens with one attached hydrogen (secondary N) is 1. The van der Waals surface area contributed by atoms with Gasteiger partial charge in [0, 0.05) is 12.6 Å². The molecule has 1 amide bonds. The summed E-state index contributed by atoms with van der Waals surface area (Å²) in [6, 6.07) is -1.19. The average molecular weight is 200 g/mol. The molecule has 0 aromatic heterocycles. The second kappa shape index (κ2) is 3.13. The molecule has 0 saturated carbocycles. The maximum absolute atomic E-state index is 10.9. The van der Waals surface area contributed by atoms with E-state index in [4.69, 9.17) is 10.2 Å². The lowest BCUT2D eigenvalue weighted by Gasteiger charge is -2.36. The Hall–Kier alpha value is -1.30. The van der Waals surface area contributed by atoms with Gasteiger partial charge in [-0.25, -0.2) is 4.79 Å². The summed E-state index contributed by atoms with van der Waals surface area (Å²) in [6.45, 7) is 0.444. The monoisotopic (exact) mass is 200 g/mol. The molecule has 6 nitrogen and oxygen atoms in total. The second-order valence-electron chi connectivity index (χ2n) is 3.71. The Balaban J connectivity index is 2.21. The summed E-state index contributed by atoms with van der Waals surface area (Å²) in [5.41, 5.74) is 0. The highest BCUT2D eigenvalue weighted by atomic mass is 16.4. The van der Waals surface area contributed by atoms with Crippen LogP contribution < -0.4 is 5.32 Å². The Morgan fingerprint density at radius 3 is 2.57 bits per heavy atom. The number of hydrogen-bond acceptors (Lipinski definition) is 3. The van der Waals surface area contributed by atoms with Crippen molar-refractivity contribution in [1.29, 1.82) is 0 Å². The summed E-state index contributed by atoms with van der Waals surface area (Å²) in [4.78, 5) is 23.0. The molecular weight excluding hydrogens is 188 g/mol. The lowest BCUT2D eigenvalue weighted by Crippen LogP contribution is -2.61. The fourth-order valence-corrected chi connectivity index (χ4v) is 2.39. The molecule has 2 rings (SSSR count). The molecule has 0 aromatic rings. The first-order chi connectivity index (χ1) is 6.61. The van der Waals surface area contributed by atoms with Crippen LogP contribution in [0, 0.1) is 0 Å². The third-order valence-electron chi connectivity index (χ3n) is 2.99. The summed E-state index contributed by atoms with van der Waals surface area (Å²) in [5.74, 6) is -0.971. The van der Waals surface area contributed by atoms with Crippen molar-refractivity contribution in [2.24, 2.45) is 0 Å². The largest absolute Gasteiger partial charge is 0.480 e. The van der Waals surface area contributed by atoms with Crippen molar-refractivity contribution in [3.8, 4) is 0 Å². The van der Waals surface area contributed by atoms with Gasteiger partial charge in [-0.2, -0.15) is 0 Å². The van der Waals surface area contributed by atoms with E-state index >= 15 is 0 Å². The molecular formula is C8H12N2O4. The van der Waals surface area contributed by atoms with Crippen molar-refractivity contribution in [3.05, 3.63) is 0 Å². The predicted molar refractivity (Wildman–Crippen MR) is 46.1 cm³/mol. The first kappa shape index (κ1) is 9.26. The van der Waals surface area contributed by atoms with Crippen LogP contribution in [0.1, 0.15) is 12.8 Å². The van der Waals surface area contributed by atoms with Gasteiger partial charge >= 0.3 is 12.1 Å². The Morgan fingerprint density at radius 1 is 1.29 bits per heavy atom. The van der Waals surface area contributed by atoms with E-state index in [0.717, 1.165) is 6.42 Å². The van der Waals surface area contributed by atoms with E-state index in [0.29, 0.717) is 13.0 Å². The minimum atomic E-state index is -1.01. The van der Waals surface area contributed by atoms with Gasteiger partial charge in [0.15, 0.2) is 0 Å². The van der Waals surface area contributed by atoms with Gasteiger partial charge in [-0.3, -0.25) is 9.69 Å². The van der Waals surface area contributed by atoms with Crippen LogP contribution in [0.15, 0.2) is 0 Å². The maximum atomic E-state index is 10.9. The summed E-state index contributed by atoms with van der Waals surface area (Å²) in [7, 11) is 0. The SMILES string of the molecule is O=C(O)[C@H]1NC[C@@H]2CC[C@H]1N2C(=O)O. The zero-order valence-corrected chi connectivity index (χ0v) is 7.51. The first-order valence-corrected chi connectivity index (χ1v) is 4.58. The molecule has 0 radical (unpaired) electrons. The van der Waals surface area contributed by atoms with Gasteiger partial charge in [0.25, 0.3) is 0 Å². The van der Waals surface area contributed by atoms with Gasteiger partial charge in [0.05, 0.1) is 6.04 Å². The summed E-state index contributed by atoms with van der Waals surface area (Å²) in [6.07, 6.45) is 0.388. The fourth-order valence-electron chi connectivity index (χ4n) is 2.39. The summed E-state index contributed by atoms with van der Waals surface area (Å²) >= 11 is 0. The van der Waals surface area contributed by atoms with Crippen molar-refractivity contribution in [2.75, 3.05) is 6.54 Å². The molecule has 2 saturated heterocycles. The number of piperazine rings is 1. The number of carboxylic acids is 1. The van der Waals surface area contributed by atoms with Crippen LogP contribution in [0.2, 0.25) is 0 Å². The van der Waals surface area contributed by atoms with E-state index in [9.17, 15) is 9.59 Å². The van der Waals surface area contributed by atoms with Crippen molar-refractivity contribution in [3.63, 3.8) is 0 Å². The molecule has 3 atom stereocenters. The van der Waals surface area contributed by atoms with Gasteiger partial charge in [0.2, 0.25) is 0 Å². The Bertz CT molecular complexity index is 281. The molecule has 2 aliphatic rings. The van der Waals surface area contributed by atoms with Crippen LogP contribution in [0.5, 0.6) is 0 Å². The predicted octanol–water partition coefficient (Wildman–Crippen LogP) is -0.446. The zero-order chi connectivity index (χ0) is 10.3. The molecule has 14 heavy (non-hydrogen) atoms. The Labute approximate surface area is 80.5 Å². The van der Waals surface area contributed by atoms with Crippen molar-refractivity contribution in [2.45, 2.75) is 31.0 Å². The van der Waals surface area contributed by atoms with Gasteiger partial charge < -0.3 is 15.5 Å². The van der Waals surface area contributed by atoms with Gasteiger partial charge in [-0.1, -0.05) is 0 Å². The summed E-state index contributed by atoms with van der Waals surface area (Å²) in [5, 5.41) is 20.7. The molecule has 0 aromatic carbocycles. The van der Waals surface area contributed by atoms with Crippen molar-refractivity contribution < 1.29 is 19.8 Å². The van der Waals surface area contributed by atoms with Crippen LogP contribution in [0.4, 0.5) is 4.79 Å². The molecule has 2 heterocycles. The van der Waals surface area contributed by atoms with E-state index in [-0.39, 0.29) is 6.04 Å². The normalized spacial score (nSPS) is 35.7. The number of nitrogens with zero attached hydrogens (tertiary/aromatic N) is 1. The van der Waals surface area contributed by atoms with Crippen molar-refractivity contribution >= 4 is 12.1 Å². The zero-order valence-electron chi connectivity index (χ0n) is 7.51. The smallest absolute Gasteiger partial charge is 0.407 e. The second-order valence-corrected chi connectivity index (χ2v) is 3.71. The number of carbonyl (C=O) groups is 2. The Kier molecular flexibility index (Phi) is 2.07. The van der Waals surface area contributed by atoms with Gasteiger partial charge in [-0.05, 0) is 12.8 Å². The molecule has 2 bridgehead atoms. The topological polar surface area (TPSA) is 89.9 Å². The van der Waals surface area contributed by atoms with Crippen LogP contribution in [-0.2, 0) is 4.79 Å². The molecule has 3 N–H and O–H groups in total. The minimum absolute atomic E-state index is 0.0481. The van der Waals surface area contributed by atoms with Gasteiger partial charge in [0.1, 0.15) is 6.04 Å². The van der Waals surface area contributed by atoms with E-state index in [1.54, 1.807) is 0 Å². The van der Waals surface area contributed by atoms with E-state index in [1.165, 1.54) is 4.90 Å². The number of carboxylic acid groups (broad SMARTS) is 2. The number of rotatable bonds is 1. The highest BCUT2D eigenvalue weighted by Gasteiger charge is 2.47. The average Bonchev–Trinajstić information content (AvgIpc) is 2.40. The number of hydrogen-bond donors (Lipinski definition) is 3. The molecule has 0 spiro atoms. The molecule has 2 fully saturated rings. The van der Waals surface area contributed by atoms with E-state index in [1.807, 2.05) is 0 Å². The quantitative estimate of drug-likeness (QED) is 0.533. The van der Waals surface area contributed by atoms with Gasteiger partial charge in [-0.15, -0.1) is 0 Å². The molecule has 2 aliphatic heterocycles. The minimum Gasteiger partial charge on any atom is -0.480 e. The fraction of sp³-hybridized carbons (Fsp3) is 0.750. The van der Waals surface area contributed by atoms with Crippen LogP contribution >= 0.6 is 0 Å². The molecule has 0 aliphatic carbocycles. The lowest BCUT2D eigenvalue weighted by molar-refractivity contribution is -0.141. The molecule has 78 valence electrons. The van der Waals surface area contributed by atoms with E-state index in [2.05, 4.69) is 5.32 Å². The lowest BCUT2D eigenvalue weighted by atomic mass is 10.1. The molecule has 0 unspecified atom stereocenters. The van der Waals surface area contributed by atoms with Crippen LogP contribution in [-0.4, -0.2) is 51.8 Å². The number of amides is 1. The van der Waals surface area contributed by atoms with Crippen molar-refractivity contribution in [1.82, 2.24) is 10.2 Å². The Morgan fingerprint density at radius 2 is 2.00 bits per heavy atom. The first-order valence-electron chi connectivity index (χ1n) is 4.58. The molecule has 6 heteroatoms. The number of fused-ring (bicyclic) bond motifs is 2. The highest BCUT2D eigenvalue weighted by molar-refractivity contribution is 5.77. The third-order valence-corrected chi connectivity index (χ3v) is 2.99. The number of aliphatic carboxylic acids is 1. The summed E-state index contributed by atoms with van der Waals surface area (Å²) < 4.78 is 0. The maximum Gasteiger partial charge on any atom is 0.407 e.